The van der Waals surface area contributed by atoms with Gasteiger partial charge in [-0.25, -0.2) is 9.78 Å². The van der Waals surface area contributed by atoms with Crippen LogP contribution in [0.4, 0.5) is 5.69 Å². The van der Waals surface area contributed by atoms with Crippen molar-refractivity contribution >= 4 is 33.2 Å². The lowest BCUT2D eigenvalue weighted by Crippen LogP contribution is -2.10. The summed E-state index contributed by atoms with van der Waals surface area (Å²) in [4.78, 5) is 18.6. The second-order valence-corrected chi connectivity index (χ2v) is 7.59. The Morgan fingerprint density at radius 1 is 1.12 bits per heavy atom. The summed E-state index contributed by atoms with van der Waals surface area (Å²) in [5, 5.41) is 0.959. The van der Waals surface area contributed by atoms with Crippen molar-refractivity contribution < 1.29 is 9.53 Å². The number of nitrogens with two attached hydrogens (primary N) is 1. The molecule has 1 aliphatic carbocycles. The minimum absolute atomic E-state index is 0.411. The molecule has 0 unspecified atom stereocenters. The normalized spacial score (nSPS) is 13.7. The number of rotatable bonds is 2. The number of aryl methyl sites for hydroxylation is 3. The maximum atomic E-state index is 12.6. The number of nitrogens with zero attached hydrogens (tertiary/aromatic N) is 1. The summed E-state index contributed by atoms with van der Waals surface area (Å²) in [5.41, 5.74) is 11.6. The van der Waals surface area contributed by atoms with Crippen molar-refractivity contribution in [2.45, 2.75) is 39.5 Å². The molecule has 2 heterocycles. The molecule has 0 spiro atoms. The van der Waals surface area contributed by atoms with Crippen LogP contribution in [0.3, 0.4) is 0 Å². The maximum Gasteiger partial charge on any atom is 0.355 e. The minimum atomic E-state index is -0.411. The molecular formula is C20H20N2O2S. The summed E-state index contributed by atoms with van der Waals surface area (Å²) in [6.07, 6.45) is 4.39. The largest absolute Gasteiger partial charge is 0.422 e. The van der Waals surface area contributed by atoms with Crippen molar-refractivity contribution in [1.29, 1.82) is 0 Å². The summed E-state index contributed by atoms with van der Waals surface area (Å²) in [6, 6.07) is 7.42. The van der Waals surface area contributed by atoms with Gasteiger partial charge in [0.1, 0.15) is 15.5 Å². The third kappa shape index (κ3) is 2.78. The average Bonchev–Trinajstić information content (AvgIpc) is 2.94. The van der Waals surface area contributed by atoms with Gasteiger partial charge in [-0.1, -0.05) is 17.7 Å². The predicted molar refractivity (Wildman–Crippen MR) is 102 cm³/mol. The van der Waals surface area contributed by atoms with Crippen molar-refractivity contribution in [2.24, 2.45) is 0 Å². The van der Waals surface area contributed by atoms with E-state index in [9.17, 15) is 4.79 Å². The summed E-state index contributed by atoms with van der Waals surface area (Å²) in [7, 11) is 0. The van der Waals surface area contributed by atoms with Crippen molar-refractivity contribution in [3.63, 3.8) is 0 Å². The van der Waals surface area contributed by atoms with E-state index in [1.54, 1.807) is 12.1 Å². The number of ether oxygens (including phenoxy) is 1. The van der Waals surface area contributed by atoms with Gasteiger partial charge in [0.25, 0.3) is 0 Å². The van der Waals surface area contributed by atoms with E-state index in [0.29, 0.717) is 16.3 Å². The Morgan fingerprint density at radius 2 is 1.80 bits per heavy atom. The first kappa shape index (κ1) is 16.1. The van der Waals surface area contributed by atoms with Gasteiger partial charge >= 0.3 is 5.97 Å². The minimum Gasteiger partial charge on any atom is -0.422 e. The number of hydrogen-bond donors (Lipinski definition) is 1. The van der Waals surface area contributed by atoms with Crippen LogP contribution >= 0.6 is 11.3 Å². The molecule has 0 bridgehead atoms. The second kappa shape index (κ2) is 6.15. The zero-order valence-corrected chi connectivity index (χ0v) is 15.2. The molecule has 0 fully saturated rings. The summed E-state index contributed by atoms with van der Waals surface area (Å²) in [6.45, 7) is 4.04. The fourth-order valence-corrected chi connectivity index (χ4v) is 4.56. The molecule has 0 saturated carbocycles. The smallest absolute Gasteiger partial charge is 0.355 e. The van der Waals surface area contributed by atoms with E-state index in [1.165, 1.54) is 28.9 Å². The van der Waals surface area contributed by atoms with Gasteiger partial charge in [-0.05, 0) is 62.8 Å². The third-order valence-corrected chi connectivity index (χ3v) is 5.90. The quantitative estimate of drug-likeness (QED) is 0.541. The first-order chi connectivity index (χ1) is 12.0. The monoisotopic (exact) mass is 352 g/mol. The highest BCUT2D eigenvalue weighted by Crippen LogP contribution is 2.40. The standard InChI is InChI=1S/C20H20N2O2S/c1-11-7-9-13(10-8-11)24-20(23)18-17(21)16-15-6-4-3-5-14(15)12(2)22-19(16)25-18/h7-10H,3-6,21H2,1-2H3. The van der Waals surface area contributed by atoms with Gasteiger partial charge < -0.3 is 10.5 Å². The van der Waals surface area contributed by atoms with Gasteiger partial charge in [-0.3, -0.25) is 0 Å². The van der Waals surface area contributed by atoms with E-state index in [1.807, 2.05) is 26.0 Å². The molecule has 0 aliphatic heterocycles. The molecule has 5 heteroatoms. The molecular weight excluding hydrogens is 332 g/mol. The number of esters is 1. The maximum absolute atomic E-state index is 12.6. The molecule has 4 rings (SSSR count). The van der Waals surface area contributed by atoms with Gasteiger partial charge in [0.05, 0.1) is 5.69 Å². The number of fused-ring (bicyclic) bond motifs is 3. The molecule has 0 atom stereocenters. The first-order valence-corrected chi connectivity index (χ1v) is 9.35. The fraction of sp³-hybridized carbons (Fsp3) is 0.300. The second-order valence-electron chi connectivity index (χ2n) is 6.59. The molecule has 4 nitrogen and oxygen atoms in total. The lowest BCUT2D eigenvalue weighted by molar-refractivity contribution is 0.0741. The summed E-state index contributed by atoms with van der Waals surface area (Å²) >= 11 is 1.33. The Morgan fingerprint density at radius 3 is 2.52 bits per heavy atom. The number of anilines is 1. The Labute approximate surface area is 150 Å². The zero-order valence-electron chi connectivity index (χ0n) is 14.4. The Balaban J connectivity index is 1.76. The van der Waals surface area contributed by atoms with E-state index in [0.717, 1.165) is 40.7 Å². The van der Waals surface area contributed by atoms with Crippen LogP contribution in [0, 0.1) is 13.8 Å². The highest BCUT2D eigenvalue weighted by molar-refractivity contribution is 7.21. The van der Waals surface area contributed by atoms with Gasteiger partial charge in [-0.2, -0.15) is 0 Å². The molecule has 0 saturated heterocycles. The Kier molecular flexibility index (Phi) is 3.96. The number of hydrogen-bond acceptors (Lipinski definition) is 5. The van der Waals surface area contributed by atoms with Crippen LogP contribution in [0.5, 0.6) is 5.75 Å². The van der Waals surface area contributed by atoms with E-state index in [-0.39, 0.29) is 0 Å². The van der Waals surface area contributed by atoms with Crippen LogP contribution < -0.4 is 10.5 Å². The van der Waals surface area contributed by atoms with E-state index >= 15 is 0 Å². The number of aromatic nitrogens is 1. The highest BCUT2D eigenvalue weighted by atomic mass is 32.1. The Hall–Kier alpha value is -2.40. The highest BCUT2D eigenvalue weighted by Gasteiger charge is 2.25. The van der Waals surface area contributed by atoms with E-state index < -0.39 is 5.97 Å². The van der Waals surface area contributed by atoms with E-state index in [4.69, 9.17) is 15.5 Å². The lowest BCUT2D eigenvalue weighted by atomic mass is 9.89. The number of carbonyl (C=O) groups excluding carboxylic acids is 1. The predicted octanol–water partition coefficient (Wildman–Crippen LogP) is 4.59. The van der Waals surface area contributed by atoms with Crippen LogP contribution in [-0.4, -0.2) is 11.0 Å². The van der Waals surface area contributed by atoms with Crippen LogP contribution in [0.25, 0.3) is 10.2 Å². The van der Waals surface area contributed by atoms with Crippen LogP contribution in [-0.2, 0) is 12.8 Å². The number of benzene rings is 1. The van der Waals surface area contributed by atoms with Crippen molar-refractivity contribution in [1.82, 2.24) is 4.98 Å². The van der Waals surface area contributed by atoms with Crippen molar-refractivity contribution in [3.8, 4) is 5.75 Å². The molecule has 0 radical (unpaired) electrons. The van der Waals surface area contributed by atoms with E-state index in [2.05, 4.69) is 0 Å². The van der Waals surface area contributed by atoms with Gasteiger partial charge in [0.2, 0.25) is 0 Å². The topological polar surface area (TPSA) is 65.2 Å². The SMILES string of the molecule is Cc1ccc(OC(=O)c2sc3nc(C)c4c(c3c2N)CCCC4)cc1. The first-order valence-electron chi connectivity index (χ1n) is 8.53. The molecule has 1 aliphatic rings. The molecule has 2 N–H and O–H groups in total. The van der Waals surface area contributed by atoms with Gasteiger partial charge in [0.15, 0.2) is 0 Å². The van der Waals surface area contributed by atoms with Crippen LogP contribution in [0.2, 0.25) is 0 Å². The number of thiophene rings is 1. The fourth-order valence-electron chi connectivity index (χ4n) is 3.51. The number of carbonyl (C=O) groups is 1. The summed E-state index contributed by atoms with van der Waals surface area (Å²) in [5.74, 6) is 0.116. The average molecular weight is 352 g/mol. The van der Waals surface area contributed by atoms with Gasteiger partial charge in [-0.15, -0.1) is 11.3 Å². The lowest BCUT2D eigenvalue weighted by Gasteiger charge is -2.18. The van der Waals surface area contributed by atoms with Crippen molar-refractivity contribution in [3.05, 3.63) is 51.5 Å². The molecule has 25 heavy (non-hydrogen) atoms. The molecule has 128 valence electrons. The molecule has 0 amide bonds. The van der Waals surface area contributed by atoms with Crippen LogP contribution in [0.1, 0.15) is 44.9 Å². The van der Waals surface area contributed by atoms with Gasteiger partial charge in [0, 0.05) is 11.1 Å². The molecule has 2 aromatic heterocycles. The zero-order chi connectivity index (χ0) is 17.6. The summed E-state index contributed by atoms with van der Waals surface area (Å²) < 4.78 is 5.50. The Bertz CT molecular complexity index is 974. The van der Waals surface area contributed by atoms with Crippen LogP contribution in [0.15, 0.2) is 24.3 Å². The van der Waals surface area contributed by atoms with Crippen molar-refractivity contribution in [2.75, 3.05) is 5.73 Å². The molecule has 1 aromatic carbocycles. The number of pyridine rings is 1. The molecule has 3 aromatic rings. The third-order valence-electron chi connectivity index (χ3n) is 4.82. The number of nitrogen functional groups attached to an aromatic ring is 1.